The summed E-state index contributed by atoms with van der Waals surface area (Å²) in [6.45, 7) is 1.02. The molecule has 3 N–H and O–H groups in total. The number of nitrogens with two attached hydrogens (primary N) is 1. The number of hydrogen-bond donors (Lipinski definition) is 2. The van der Waals surface area contributed by atoms with E-state index in [1.54, 1.807) is 17.1 Å². The molecular formula is C17H21ClN4O. The Morgan fingerprint density at radius 3 is 2.78 bits per heavy atom. The van der Waals surface area contributed by atoms with Crippen molar-refractivity contribution in [2.75, 3.05) is 6.54 Å². The summed E-state index contributed by atoms with van der Waals surface area (Å²) in [6, 6.07) is 7.62. The molecule has 0 spiro atoms. The number of hydrogen-bond acceptors (Lipinski definition) is 3. The molecule has 1 fully saturated rings. The van der Waals surface area contributed by atoms with Gasteiger partial charge in [0.2, 0.25) is 0 Å². The van der Waals surface area contributed by atoms with Crippen LogP contribution >= 0.6 is 11.6 Å². The Labute approximate surface area is 140 Å². The van der Waals surface area contributed by atoms with Gasteiger partial charge >= 0.3 is 0 Å². The van der Waals surface area contributed by atoms with Gasteiger partial charge in [-0.15, -0.1) is 0 Å². The highest BCUT2D eigenvalue weighted by molar-refractivity contribution is 6.31. The van der Waals surface area contributed by atoms with Gasteiger partial charge in [-0.3, -0.25) is 9.48 Å². The summed E-state index contributed by atoms with van der Waals surface area (Å²) >= 11 is 6.16. The fourth-order valence-corrected chi connectivity index (χ4v) is 3.31. The molecule has 0 bridgehead atoms. The zero-order valence-corrected chi connectivity index (χ0v) is 13.7. The minimum atomic E-state index is -0.248. The molecule has 23 heavy (non-hydrogen) atoms. The standard InChI is InChI=1S/C17H21ClN4O/c18-15-6-2-1-5-13(15)10-22-11-14(9-20-22)16(23)21-17(12-19)7-3-4-8-17/h1-2,5-6,9,11H,3-4,7-8,10,12,19H2,(H,21,23). The highest BCUT2D eigenvalue weighted by atomic mass is 35.5. The molecule has 0 unspecified atom stereocenters. The second-order valence-electron chi connectivity index (χ2n) is 6.16. The maximum atomic E-state index is 12.5. The van der Waals surface area contributed by atoms with E-state index in [2.05, 4.69) is 10.4 Å². The Morgan fingerprint density at radius 2 is 2.09 bits per heavy atom. The van der Waals surface area contributed by atoms with Gasteiger partial charge in [0.1, 0.15) is 0 Å². The molecule has 0 atom stereocenters. The van der Waals surface area contributed by atoms with Gasteiger partial charge in [0.05, 0.1) is 23.8 Å². The summed E-state index contributed by atoms with van der Waals surface area (Å²) in [6.07, 6.45) is 7.46. The second kappa shape index (κ2) is 6.72. The SMILES string of the molecule is NCC1(NC(=O)c2cnn(Cc3ccccc3Cl)c2)CCCC1. The third-order valence-electron chi connectivity index (χ3n) is 4.52. The molecular weight excluding hydrogens is 312 g/mol. The van der Waals surface area contributed by atoms with E-state index in [4.69, 9.17) is 17.3 Å². The van der Waals surface area contributed by atoms with E-state index in [0.717, 1.165) is 31.2 Å². The molecule has 1 aromatic carbocycles. The topological polar surface area (TPSA) is 72.9 Å². The zero-order chi connectivity index (χ0) is 16.3. The summed E-state index contributed by atoms with van der Waals surface area (Å²) in [7, 11) is 0. The van der Waals surface area contributed by atoms with Crippen molar-refractivity contribution in [1.29, 1.82) is 0 Å². The van der Waals surface area contributed by atoms with Crippen molar-refractivity contribution < 1.29 is 4.79 Å². The van der Waals surface area contributed by atoms with E-state index >= 15 is 0 Å². The van der Waals surface area contributed by atoms with Gasteiger partial charge in [-0.05, 0) is 24.5 Å². The van der Waals surface area contributed by atoms with E-state index in [1.165, 1.54) is 0 Å². The van der Waals surface area contributed by atoms with Crippen LogP contribution in [0.3, 0.4) is 0 Å². The van der Waals surface area contributed by atoms with Crippen molar-refractivity contribution in [1.82, 2.24) is 15.1 Å². The Balaban J connectivity index is 1.69. The minimum absolute atomic E-state index is 0.109. The highest BCUT2D eigenvalue weighted by Crippen LogP contribution is 2.28. The third kappa shape index (κ3) is 3.57. The first-order chi connectivity index (χ1) is 11.1. The van der Waals surface area contributed by atoms with Gasteiger partial charge < -0.3 is 11.1 Å². The molecule has 1 aliphatic rings. The van der Waals surface area contributed by atoms with Crippen molar-refractivity contribution in [3.63, 3.8) is 0 Å². The first-order valence-corrected chi connectivity index (χ1v) is 8.28. The van der Waals surface area contributed by atoms with Crippen molar-refractivity contribution in [2.24, 2.45) is 5.73 Å². The van der Waals surface area contributed by atoms with Crippen LogP contribution in [0.25, 0.3) is 0 Å². The van der Waals surface area contributed by atoms with Gasteiger partial charge in [-0.1, -0.05) is 42.6 Å². The van der Waals surface area contributed by atoms with Gasteiger partial charge in [0, 0.05) is 17.8 Å². The number of nitrogens with one attached hydrogen (secondary N) is 1. The lowest BCUT2D eigenvalue weighted by atomic mass is 9.97. The number of halogens is 1. The Morgan fingerprint density at radius 1 is 1.35 bits per heavy atom. The normalized spacial score (nSPS) is 16.4. The summed E-state index contributed by atoms with van der Waals surface area (Å²) in [4.78, 5) is 12.5. The van der Waals surface area contributed by atoms with Crippen LogP contribution in [0.5, 0.6) is 0 Å². The molecule has 2 aromatic rings. The molecule has 1 aliphatic carbocycles. The molecule has 6 heteroatoms. The van der Waals surface area contributed by atoms with E-state index in [1.807, 2.05) is 24.3 Å². The molecule has 1 amide bonds. The molecule has 122 valence electrons. The lowest BCUT2D eigenvalue weighted by Gasteiger charge is -2.28. The fraction of sp³-hybridized carbons (Fsp3) is 0.412. The summed E-state index contributed by atoms with van der Waals surface area (Å²) < 4.78 is 1.72. The van der Waals surface area contributed by atoms with Crippen LogP contribution in [0.15, 0.2) is 36.7 Å². The van der Waals surface area contributed by atoms with Crippen LogP contribution < -0.4 is 11.1 Å². The maximum Gasteiger partial charge on any atom is 0.254 e. The number of carbonyl (C=O) groups is 1. The Hall–Kier alpha value is -1.85. The van der Waals surface area contributed by atoms with E-state index in [9.17, 15) is 4.79 Å². The second-order valence-corrected chi connectivity index (χ2v) is 6.57. The van der Waals surface area contributed by atoms with Gasteiger partial charge in [-0.25, -0.2) is 0 Å². The van der Waals surface area contributed by atoms with Crippen LogP contribution in [0.1, 0.15) is 41.6 Å². The first kappa shape index (κ1) is 16.0. The number of amides is 1. The number of nitrogens with zero attached hydrogens (tertiary/aromatic N) is 2. The van der Waals surface area contributed by atoms with Crippen LogP contribution in [-0.4, -0.2) is 27.8 Å². The summed E-state index contributed by atoms with van der Waals surface area (Å²) in [5.74, 6) is -0.109. The number of rotatable bonds is 5. The lowest BCUT2D eigenvalue weighted by Crippen LogP contribution is -2.51. The van der Waals surface area contributed by atoms with Crippen LogP contribution in [0.4, 0.5) is 0 Å². The average molecular weight is 333 g/mol. The lowest BCUT2D eigenvalue weighted by molar-refractivity contribution is 0.0903. The molecule has 0 radical (unpaired) electrons. The number of carbonyl (C=O) groups excluding carboxylic acids is 1. The third-order valence-corrected chi connectivity index (χ3v) is 4.88. The van der Waals surface area contributed by atoms with Crippen LogP contribution in [-0.2, 0) is 6.54 Å². The number of aromatic nitrogens is 2. The van der Waals surface area contributed by atoms with E-state index in [0.29, 0.717) is 23.7 Å². The predicted molar refractivity (Wildman–Crippen MR) is 90.5 cm³/mol. The molecule has 0 aliphatic heterocycles. The smallest absolute Gasteiger partial charge is 0.254 e. The summed E-state index contributed by atoms with van der Waals surface area (Å²) in [5, 5.41) is 8.06. The molecule has 0 saturated heterocycles. The fourth-order valence-electron chi connectivity index (χ4n) is 3.11. The van der Waals surface area contributed by atoms with E-state index in [-0.39, 0.29) is 11.4 Å². The van der Waals surface area contributed by atoms with Crippen LogP contribution in [0, 0.1) is 0 Å². The summed E-state index contributed by atoms with van der Waals surface area (Å²) in [5.41, 5.74) is 7.14. The molecule has 1 heterocycles. The van der Waals surface area contributed by atoms with Crippen molar-refractivity contribution in [3.05, 3.63) is 52.8 Å². The van der Waals surface area contributed by atoms with Crippen molar-refractivity contribution in [2.45, 2.75) is 37.8 Å². The minimum Gasteiger partial charge on any atom is -0.345 e. The average Bonchev–Trinajstić information content (AvgIpc) is 3.20. The van der Waals surface area contributed by atoms with E-state index < -0.39 is 0 Å². The van der Waals surface area contributed by atoms with Gasteiger partial charge in [-0.2, -0.15) is 5.10 Å². The van der Waals surface area contributed by atoms with Crippen molar-refractivity contribution in [3.8, 4) is 0 Å². The Bertz CT molecular complexity index is 691. The molecule has 3 rings (SSSR count). The van der Waals surface area contributed by atoms with Gasteiger partial charge in [0.15, 0.2) is 0 Å². The predicted octanol–water partition coefficient (Wildman–Crippen LogP) is 2.59. The van der Waals surface area contributed by atoms with Crippen LogP contribution in [0.2, 0.25) is 5.02 Å². The maximum absolute atomic E-state index is 12.5. The molecule has 5 nitrogen and oxygen atoms in total. The van der Waals surface area contributed by atoms with Crippen molar-refractivity contribution >= 4 is 17.5 Å². The largest absolute Gasteiger partial charge is 0.345 e. The Kier molecular flexibility index (Phi) is 4.68. The first-order valence-electron chi connectivity index (χ1n) is 7.90. The molecule has 1 aromatic heterocycles. The number of benzene rings is 1. The zero-order valence-electron chi connectivity index (χ0n) is 13.0. The highest BCUT2D eigenvalue weighted by Gasteiger charge is 2.34. The molecule has 1 saturated carbocycles. The van der Waals surface area contributed by atoms with Gasteiger partial charge in [0.25, 0.3) is 5.91 Å². The quantitative estimate of drug-likeness (QED) is 0.884. The monoisotopic (exact) mass is 332 g/mol.